The van der Waals surface area contributed by atoms with Crippen molar-refractivity contribution < 1.29 is 9.90 Å². The van der Waals surface area contributed by atoms with E-state index in [1.165, 1.54) is 0 Å². The van der Waals surface area contributed by atoms with E-state index >= 15 is 0 Å². The van der Waals surface area contributed by atoms with E-state index in [4.69, 9.17) is 5.11 Å². The van der Waals surface area contributed by atoms with Crippen molar-refractivity contribution in [1.29, 1.82) is 0 Å². The quantitative estimate of drug-likeness (QED) is 0.723. The number of carbonyl (C=O) groups is 1. The lowest BCUT2D eigenvalue weighted by molar-refractivity contribution is 0.210. The van der Waals surface area contributed by atoms with E-state index < -0.39 is 6.09 Å². The highest BCUT2D eigenvalue weighted by atomic mass is 16.4. The average Bonchev–Trinajstić information content (AvgIpc) is 2.65. The van der Waals surface area contributed by atoms with Crippen LogP contribution in [-0.2, 0) is 0 Å². The number of H-pyrrole nitrogens is 1. The van der Waals surface area contributed by atoms with Crippen LogP contribution in [0.25, 0.3) is 11.1 Å². The molecule has 2 rings (SSSR count). The molecule has 0 bridgehead atoms. The molecular formula is C11H11N3O2. The topological polar surface area (TPSA) is 78.0 Å². The van der Waals surface area contributed by atoms with Crippen molar-refractivity contribution >= 4 is 11.8 Å². The van der Waals surface area contributed by atoms with E-state index in [1.54, 1.807) is 18.3 Å². The molecule has 1 amide bonds. The number of hydrogen-bond acceptors (Lipinski definition) is 2. The molecule has 82 valence electrons. The van der Waals surface area contributed by atoms with E-state index in [2.05, 4.69) is 15.5 Å². The molecule has 0 aliphatic carbocycles. The van der Waals surface area contributed by atoms with E-state index in [9.17, 15) is 4.79 Å². The summed E-state index contributed by atoms with van der Waals surface area (Å²) in [5.41, 5.74) is 3.56. The first-order chi connectivity index (χ1) is 7.66. The Labute approximate surface area is 92.1 Å². The van der Waals surface area contributed by atoms with Crippen molar-refractivity contribution in [3.63, 3.8) is 0 Å². The minimum atomic E-state index is -1.06. The minimum Gasteiger partial charge on any atom is -0.465 e. The molecule has 1 aromatic heterocycles. The number of aromatic amines is 1. The number of nitrogens with one attached hydrogen (secondary N) is 2. The first kappa shape index (κ1) is 10.2. The highest BCUT2D eigenvalue weighted by molar-refractivity contribution is 5.83. The van der Waals surface area contributed by atoms with Crippen LogP contribution in [0.15, 0.2) is 30.5 Å². The van der Waals surface area contributed by atoms with Gasteiger partial charge in [-0.25, -0.2) is 4.79 Å². The van der Waals surface area contributed by atoms with Gasteiger partial charge < -0.3 is 5.11 Å². The monoisotopic (exact) mass is 217 g/mol. The Bertz CT molecular complexity index is 502. The number of hydrogen-bond donors (Lipinski definition) is 3. The molecular weight excluding hydrogens is 206 g/mol. The summed E-state index contributed by atoms with van der Waals surface area (Å²) in [6, 6.07) is 7.14. The van der Waals surface area contributed by atoms with Crippen LogP contribution < -0.4 is 5.32 Å². The largest absolute Gasteiger partial charge is 0.465 e. The molecule has 0 radical (unpaired) electrons. The van der Waals surface area contributed by atoms with Crippen molar-refractivity contribution in [2.24, 2.45) is 0 Å². The van der Waals surface area contributed by atoms with Crippen LogP contribution in [-0.4, -0.2) is 21.4 Å². The van der Waals surface area contributed by atoms with Crippen LogP contribution in [0.1, 0.15) is 5.69 Å². The molecule has 0 saturated carbocycles. The molecule has 5 heteroatoms. The van der Waals surface area contributed by atoms with Gasteiger partial charge >= 0.3 is 6.09 Å². The fraction of sp³-hybridized carbons (Fsp3) is 0.0909. The van der Waals surface area contributed by atoms with Crippen LogP contribution in [0.5, 0.6) is 0 Å². The predicted molar refractivity (Wildman–Crippen MR) is 60.4 cm³/mol. The highest BCUT2D eigenvalue weighted by Gasteiger charge is 2.04. The molecule has 2 aromatic rings. The van der Waals surface area contributed by atoms with Gasteiger partial charge in [-0.05, 0) is 24.6 Å². The molecule has 0 atom stereocenters. The lowest BCUT2D eigenvalue weighted by atomic mass is 10.1. The maximum Gasteiger partial charge on any atom is 0.409 e. The Balaban J connectivity index is 2.26. The SMILES string of the molecule is Cc1[nH]ncc1-c1ccc(NC(=O)O)cc1. The second kappa shape index (κ2) is 4.06. The Kier molecular flexibility index (Phi) is 2.59. The van der Waals surface area contributed by atoms with E-state index in [-0.39, 0.29) is 0 Å². The molecule has 3 N–H and O–H groups in total. The number of aryl methyl sites for hydroxylation is 1. The van der Waals surface area contributed by atoms with Gasteiger partial charge in [0.2, 0.25) is 0 Å². The Morgan fingerprint density at radius 3 is 2.56 bits per heavy atom. The summed E-state index contributed by atoms with van der Waals surface area (Å²) in [5, 5.41) is 17.6. The Morgan fingerprint density at radius 2 is 2.06 bits per heavy atom. The molecule has 0 fully saturated rings. The lowest BCUT2D eigenvalue weighted by Crippen LogP contribution is -2.06. The smallest absolute Gasteiger partial charge is 0.409 e. The Morgan fingerprint density at radius 1 is 1.38 bits per heavy atom. The number of amides is 1. The summed E-state index contributed by atoms with van der Waals surface area (Å²) < 4.78 is 0. The second-order valence-electron chi connectivity index (χ2n) is 3.42. The van der Waals surface area contributed by atoms with E-state index in [0.29, 0.717) is 5.69 Å². The van der Waals surface area contributed by atoms with Crippen LogP contribution in [0, 0.1) is 6.92 Å². The van der Waals surface area contributed by atoms with Crippen molar-refractivity contribution in [2.45, 2.75) is 6.92 Å². The highest BCUT2D eigenvalue weighted by Crippen LogP contribution is 2.22. The van der Waals surface area contributed by atoms with Gasteiger partial charge in [-0.15, -0.1) is 0 Å². The van der Waals surface area contributed by atoms with Gasteiger partial charge in [0.25, 0.3) is 0 Å². The molecule has 0 spiro atoms. The standard InChI is InChI=1S/C11H11N3O2/c1-7-10(6-12-14-7)8-2-4-9(5-3-8)13-11(15)16/h2-6,13H,1H3,(H,12,14)(H,15,16). The number of anilines is 1. The molecule has 1 aromatic carbocycles. The fourth-order valence-electron chi connectivity index (χ4n) is 1.50. The number of rotatable bonds is 2. The number of aromatic nitrogens is 2. The summed E-state index contributed by atoms with van der Waals surface area (Å²) in [5.74, 6) is 0. The molecule has 1 heterocycles. The van der Waals surface area contributed by atoms with Gasteiger partial charge in [0.1, 0.15) is 0 Å². The molecule has 0 unspecified atom stereocenters. The number of nitrogens with zero attached hydrogens (tertiary/aromatic N) is 1. The van der Waals surface area contributed by atoms with Gasteiger partial charge in [-0.1, -0.05) is 12.1 Å². The molecule has 0 saturated heterocycles. The minimum absolute atomic E-state index is 0.553. The lowest BCUT2D eigenvalue weighted by Gasteiger charge is -2.02. The Hall–Kier alpha value is -2.30. The van der Waals surface area contributed by atoms with Crippen molar-refractivity contribution in [3.8, 4) is 11.1 Å². The first-order valence-electron chi connectivity index (χ1n) is 4.77. The number of carboxylic acid groups (broad SMARTS) is 1. The third kappa shape index (κ3) is 2.03. The normalized spacial score (nSPS) is 10.1. The zero-order valence-corrected chi connectivity index (χ0v) is 8.69. The van der Waals surface area contributed by atoms with Crippen LogP contribution in [0.4, 0.5) is 10.5 Å². The van der Waals surface area contributed by atoms with Crippen LogP contribution >= 0.6 is 0 Å². The molecule has 0 aliphatic heterocycles. The van der Waals surface area contributed by atoms with Crippen LogP contribution in [0.2, 0.25) is 0 Å². The van der Waals surface area contributed by atoms with Gasteiger partial charge in [0, 0.05) is 16.9 Å². The van der Waals surface area contributed by atoms with Gasteiger partial charge in [-0.3, -0.25) is 10.4 Å². The maximum absolute atomic E-state index is 10.4. The first-order valence-corrected chi connectivity index (χ1v) is 4.77. The summed E-state index contributed by atoms with van der Waals surface area (Å²) in [7, 11) is 0. The van der Waals surface area contributed by atoms with Gasteiger partial charge in [-0.2, -0.15) is 5.10 Å². The molecule has 0 aliphatic rings. The second-order valence-corrected chi connectivity index (χ2v) is 3.42. The van der Waals surface area contributed by atoms with E-state index in [1.807, 2.05) is 19.1 Å². The van der Waals surface area contributed by atoms with Crippen molar-refractivity contribution in [1.82, 2.24) is 10.2 Å². The molecule has 16 heavy (non-hydrogen) atoms. The van der Waals surface area contributed by atoms with E-state index in [0.717, 1.165) is 16.8 Å². The third-order valence-electron chi connectivity index (χ3n) is 2.28. The predicted octanol–water partition coefficient (Wildman–Crippen LogP) is 2.48. The fourth-order valence-corrected chi connectivity index (χ4v) is 1.50. The third-order valence-corrected chi connectivity index (χ3v) is 2.28. The number of benzene rings is 1. The zero-order chi connectivity index (χ0) is 11.5. The summed E-state index contributed by atoms with van der Waals surface area (Å²) >= 11 is 0. The summed E-state index contributed by atoms with van der Waals surface area (Å²) in [6.45, 7) is 1.94. The summed E-state index contributed by atoms with van der Waals surface area (Å²) in [4.78, 5) is 10.4. The van der Waals surface area contributed by atoms with Crippen molar-refractivity contribution in [2.75, 3.05) is 5.32 Å². The molecule has 5 nitrogen and oxygen atoms in total. The van der Waals surface area contributed by atoms with Gasteiger partial charge in [0.15, 0.2) is 0 Å². The zero-order valence-electron chi connectivity index (χ0n) is 8.69. The van der Waals surface area contributed by atoms with Gasteiger partial charge in [0.05, 0.1) is 6.20 Å². The maximum atomic E-state index is 10.4. The summed E-state index contributed by atoms with van der Waals surface area (Å²) in [6.07, 6.45) is 0.682. The van der Waals surface area contributed by atoms with Crippen molar-refractivity contribution in [3.05, 3.63) is 36.2 Å². The van der Waals surface area contributed by atoms with Crippen LogP contribution in [0.3, 0.4) is 0 Å². The average molecular weight is 217 g/mol.